The average molecular weight is 665 g/mol. The molecule has 2 saturated carbocycles. The van der Waals surface area contributed by atoms with Gasteiger partial charge in [0, 0.05) is 19.3 Å². The van der Waals surface area contributed by atoms with E-state index in [4.69, 9.17) is 0 Å². The zero-order chi connectivity index (χ0) is 33.5. The maximum absolute atomic E-state index is 14.0. The summed E-state index contributed by atoms with van der Waals surface area (Å²) in [6.07, 6.45) is -7.41. The van der Waals surface area contributed by atoms with Gasteiger partial charge in [0.2, 0.25) is 11.8 Å². The molecule has 2 atom stereocenters. The van der Waals surface area contributed by atoms with Crippen molar-refractivity contribution in [2.24, 2.45) is 11.3 Å². The van der Waals surface area contributed by atoms with E-state index in [1.54, 1.807) is 6.07 Å². The molecule has 0 bridgehead atoms. The Bertz CT molecular complexity index is 1550. The number of fused-ring (bicyclic) bond motifs is 1. The van der Waals surface area contributed by atoms with Crippen LogP contribution in [-0.4, -0.2) is 59.7 Å². The predicted molar refractivity (Wildman–Crippen MR) is 144 cm³/mol. The molecule has 46 heavy (non-hydrogen) atoms. The fourth-order valence-corrected chi connectivity index (χ4v) is 5.63. The molecule has 252 valence electrons. The summed E-state index contributed by atoms with van der Waals surface area (Å²) in [5.41, 5.74) is 0.411. The van der Waals surface area contributed by atoms with Gasteiger partial charge in [0.15, 0.2) is 11.3 Å². The minimum absolute atomic E-state index is 0.0488. The molecule has 0 unspecified atom stereocenters. The first kappa shape index (κ1) is 33.5. The van der Waals surface area contributed by atoms with Crippen LogP contribution in [0.4, 0.5) is 35.1 Å². The summed E-state index contributed by atoms with van der Waals surface area (Å²) in [6.45, 7) is 1.30. The van der Waals surface area contributed by atoms with Crippen LogP contribution in [0.2, 0.25) is 0 Å². The Morgan fingerprint density at radius 1 is 0.978 bits per heavy atom. The molecule has 3 heterocycles. The first-order chi connectivity index (χ1) is 21.4. The van der Waals surface area contributed by atoms with Crippen LogP contribution in [0.1, 0.15) is 98.5 Å². The first-order valence-electron chi connectivity index (χ1n) is 14.8. The second-order valence-electron chi connectivity index (χ2n) is 12.4. The van der Waals surface area contributed by atoms with Crippen LogP contribution < -0.4 is 10.6 Å². The van der Waals surface area contributed by atoms with Crippen molar-refractivity contribution in [3.8, 4) is 0 Å². The normalized spacial score (nSPS) is 19.5. The van der Waals surface area contributed by atoms with Crippen LogP contribution >= 0.6 is 0 Å². The number of aryl methyl sites for hydroxylation is 1. The Kier molecular flexibility index (Phi) is 9.02. The topological polar surface area (TPSA) is 119 Å². The molecule has 0 aliphatic heterocycles. The first-order valence-corrected chi connectivity index (χ1v) is 14.8. The Hall–Kier alpha value is -3.86. The summed E-state index contributed by atoms with van der Waals surface area (Å²) in [4.78, 5) is 30.9. The number of nitrogens with one attached hydrogen (secondary N) is 2. The van der Waals surface area contributed by atoms with Crippen LogP contribution in [0.15, 0.2) is 24.7 Å². The van der Waals surface area contributed by atoms with E-state index < -0.39 is 92.2 Å². The predicted octanol–water partition coefficient (Wildman–Crippen LogP) is 5.87. The third kappa shape index (κ3) is 8.48. The lowest BCUT2D eigenvalue weighted by Crippen LogP contribution is -2.37. The molecule has 2 N–H and O–H groups in total. The molecule has 3 aromatic heterocycles. The van der Waals surface area contributed by atoms with E-state index in [2.05, 4.69) is 30.9 Å². The minimum atomic E-state index is -4.48. The summed E-state index contributed by atoms with van der Waals surface area (Å²) < 4.78 is 105. The van der Waals surface area contributed by atoms with Crippen molar-refractivity contribution < 1.29 is 44.7 Å². The average Bonchev–Trinajstić information content (AvgIpc) is 3.35. The number of carbonyl (C=O) groups is 2. The summed E-state index contributed by atoms with van der Waals surface area (Å²) in [6, 6.07) is 0.0874. The van der Waals surface area contributed by atoms with Gasteiger partial charge in [-0.3, -0.25) is 9.59 Å². The highest BCUT2D eigenvalue weighted by atomic mass is 19.4. The van der Waals surface area contributed by atoms with Gasteiger partial charge in [0.1, 0.15) is 0 Å². The highest BCUT2D eigenvalue weighted by Gasteiger charge is 2.47. The molecule has 0 radical (unpaired) electrons. The standard InChI is InChI=1S/C28H32F8N8O2/c1-25(8-9-25)23(40-21(45)4-7-27(31,32)33)17-12-20-39-19(15-43(20)37-13-17)22(16-2-5-26(29,30)6-3-16)41-24(46)18-14-38-44(42-18)11-10-28(34,35)36/h12-16,22-23H,2-11H2,1H3,(H,40,45)(H,41,46)/t22-,23+/m0/s1. The molecular weight excluding hydrogens is 632 g/mol. The second kappa shape index (κ2) is 12.4. The molecule has 0 aromatic carbocycles. The van der Waals surface area contributed by atoms with Crippen molar-refractivity contribution in [1.29, 1.82) is 0 Å². The highest BCUT2D eigenvalue weighted by Crippen LogP contribution is 2.54. The van der Waals surface area contributed by atoms with E-state index in [1.165, 1.54) is 16.9 Å². The van der Waals surface area contributed by atoms with Crippen LogP contribution in [0.3, 0.4) is 0 Å². The van der Waals surface area contributed by atoms with Gasteiger partial charge in [-0.2, -0.15) is 41.3 Å². The van der Waals surface area contributed by atoms with E-state index >= 15 is 0 Å². The molecule has 2 fully saturated rings. The maximum Gasteiger partial charge on any atom is 0.390 e. The smallest absolute Gasteiger partial charge is 0.349 e. The Morgan fingerprint density at radius 3 is 2.28 bits per heavy atom. The van der Waals surface area contributed by atoms with E-state index in [-0.39, 0.29) is 29.9 Å². The van der Waals surface area contributed by atoms with Crippen molar-refractivity contribution in [2.75, 3.05) is 0 Å². The third-order valence-electron chi connectivity index (χ3n) is 8.57. The van der Waals surface area contributed by atoms with Crippen LogP contribution in [0.25, 0.3) is 5.65 Å². The Balaban J connectivity index is 1.38. The van der Waals surface area contributed by atoms with Gasteiger partial charge < -0.3 is 10.6 Å². The van der Waals surface area contributed by atoms with E-state index in [0.29, 0.717) is 5.56 Å². The van der Waals surface area contributed by atoms with Gasteiger partial charge in [-0.25, -0.2) is 18.3 Å². The molecule has 10 nitrogen and oxygen atoms in total. The van der Waals surface area contributed by atoms with Crippen molar-refractivity contribution in [3.63, 3.8) is 0 Å². The lowest BCUT2D eigenvalue weighted by molar-refractivity contribution is -0.144. The number of aromatic nitrogens is 6. The lowest BCUT2D eigenvalue weighted by atomic mass is 9.81. The highest BCUT2D eigenvalue weighted by molar-refractivity contribution is 5.92. The SMILES string of the molecule is CC1([C@H](NC(=O)CCC(F)(F)F)c2cnn3cc([C@@H](NC(=O)c4cnn(CCC(F)(F)F)n4)C4CCC(F)(F)CC4)nc3c2)CC1. The molecular formula is C28H32F8N8O2. The number of amides is 2. The van der Waals surface area contributed by atoms with Gasteiger partial charge in [0.05, 0.1) is 55.8 Å². The van der Waals surface area contributed by atoms with Crippen molar-refractivity contribution >= 4 is 17.5 Å². The Morgan fingerprint density at radius 2 is 1.65 bits per heavy atom. The molecule has 3 aromatic rings. The Labute approximate surface area is 257 Å². The molecule has 2 aliphatic carbocycles. The molecule has 2 aliphatic rings. The van der Waals surface area contributed by atoms with Gasteiger partial charge in [-0.05, 0) is 48.6 Å². The number of carbonyl (C=O) groups excluding carboxylic acids is 2. The number of alkyl halides is 8. The molecule has 0 saturated heterocycles. The fourth-order valence-electron chi connectivity index (χ4n) is 5.63. The van der Waals surface area contributed by atoms with E-state index in [0.717, 1.165) is 23.8 Å². The fraction of sp³-hybridized carbons (Fsp3) is 0.643. The third-order valence-corrected chi connectivity index (χ3v) is 8.57. The number of hydrogen-bond donors (Lipinski definition) is 2. The van der Waals surface area contributed by atoms with Crippen molar-refractivity contribution in [3.05, 3.63) is 41.6 Å². The number of hydrogen-bond acceptors (Lipinski definition) is 6. The lowest BCUT2D eigenvalue weighted by Gasteiger charge is -2.33. The summed E-state index contributed by atoms with van der Waals surface area (Å²) >= 11 is 0. The van der Waals surface area contributed by atoms with Gasteiger partial charge in [-0.15, -0.1) is 5.10 Å². The number of rotatable bonds is 11. The van der Waals surface area contributed by atoms with Gasteiger partial charge >= 0.3 is 12.4 Å². The summed E-state index contributed by atoms with van der Waals surface area (Å²) in [5, 5.41) is 17.3. The monoisotopic (exact) mass is 664 g/mol. The quantitative estimate of drug-likeness (QED) is 0.248. The second-order valence-corrected chi connectivity index (χ2v) is 12.4. The molecule has 5 rings (SSSR count). The number of imidazole rings is 1. The van der Waals surface area contributed by atoms with E-state index in [1.807, 2.05) is 6.92 Å². The van der Waals surface area contributed by atoms with Crippen molar-refractivity contribution in [2.45, 2.75) is 102 Å². The van der Waals surface area contributed by atoms with Crippen LogP contribution in [0.5, 0.6) is 0 Å². The summed E-state index contributed by atoms with van der Waals surface area (Å²) in [7, 11) is 0. The number of nitrogens with zero attached hydrogens (tertiary/aromatic N) is 6. The van der Waals surface area contributed by atoms with Gasteiger partial charge in [0.25, 0.3) is 5.91 Å². The summed E-state index contributed by atoms with van der Waals surface area (Å²) in [5.74, 6) is -4.87. The van der Waals surface area contributed by atoms with Crippen molar-refractivity contribution in [1.82, 2.24) is 40.2 Å². The zero-order valence-electron chi connectivity index (χ0n) is 24.6. The maximum atomic E-state index is 14.0. The molecule has 0 spiro atoms. The minimum Gasteiger partial charge on any atom is -0.349 e. The largest absolute Gasteiger partial charge is 0.390 e. The zero-order valence-corrected chi connectivity index (χ0v) is 24.6. The number of halogens is 8. The molecule has 2 amide bonds. The van der Waals surface area contributed by atoms with Crippen LogP contribution in [0, 0.1) is 11.3 Å². The molecule has 18 heteroatoms. The van der Waals surface area contributed by atoms with Gasteiger partial charge in [-0.1, -0.05) is 6.92 Å². The van der Waals surface area contributed by atoms with E-state index in [9.17, 15) is 44.7 Å². The van der Waals surface area contributed by atoms with Crippen LogP contribution in [-0.2, 0) is 11.3 Å².